The van der Waals surface area contributed by atoms with Gasteiger partial charge in [0.05, 0.1) is 23.2 Å². The molecule has 0 spiro atoms. The highest BCUT2D eigenvalue weighted by Crippen LogP contribution is 2.60. The molecule has 0 radical (unpaired) electrons. The average Bonchev–Trinajstić information content (AvgIpc) is 3.31. The van der Waals surface area contributed by atoms with Crippen LogP contribution in [0.1, 0.15) is 46.5 Å². The molecule has 3 aliphatic rings. The Hall–Kier alpha value is -1.62. The Labute approximate surface area is 158 Å². The molecule has 1 saturated heterocycles. The van der Waals surface area contributed by atoms with Gasteiger partial charge in [0.25, 0.3) is 0 Å². The van der Waals surface area contributed by atoms with E-state index in [0.717, 1.165) is 42.8 Å². The Morgan fingerprint density at radius 2 is 2.31 bits per heavy atom. The predicted molar refractivity (Wildman–Crippen MR) is 101 cm³/mol. The van der Waals surface area contributed by atoms with Gasteiger partial charge in [0, 0.05) is 23.9 Å². The van der Waals surface area contributed by atoms with Gasteiger partial charge in [-0.15, -0.1) is 0 Å². The molecule has 3 unspecified atom stereocenters. The highest BCUT2D eigenvalue weighted by Gasteiger charge is 2.64. The molecule has 4 rings (SSSR count). The van der Waals surface area contributed by atoms with Crippen molar-refractivity contribution < 1.29 is 9.53 Å². The van der Waals surface area contributed by atoms with Crippen LogP contribution in [0.25, 0.3) is 5.57 Å². The summed E-state index contributed by atoms with van der Waals surface area (Å²) in [7, 11) is 0. The summed E-state index contributed by atoms with van der Waals surface area (Å²) in [6.07, 6.45) is 4.03. The number of amides is 1. The van der Waals surface area contributed by atoms with Gasteiger partial charge in [-0.05, 0) is 38.5 Å². The number of hydrogen-bond acceptors (Lipinski definition) is 4. The minimum Gasteiger partial charge on any atom is -0.477 e. The molecule has 0 aromatic carbocycles. The summed E-state index contributed by atoms with van der Waals surface area (Å²) in [4.78, 5) is 21.1. The van der Waals surface area contributed by atoms with E-state index in [-0.39, 0.29) is 23.2 Å². The van der Waals surface area contributed by atoms with Crippen molar-refractivity contribution in [3.8, 4) is 5.88 Å². The van der Waals surface area contributed by atoms with Crippen LogP contribution in [-0.2, 0) is 4.79 Å². The van der Waals surface area contributed by atoms with Crippen LogP contribution in [-0.4, -0.2) is 30.1 Å². The molecule has 1 aromatic heterocycles. The van der Waals surface area contributed by atoms with Crippen molar-refractivity contribution in [1.29, 1.82) is 0 Å². The lowest BCUT2D eigenvalue weighted by molar-refractivity contribution is -0.120. The third-order valence-corrected chi connectivity index (χ3v) is 6.68. The van der Waals surface area contributed by atoms with Gasteiger partial charge in [0.15, 0.2) is 0 Å². The second-order valence-corrected chi connectivity index (χ2v) is 8.46. The number of rotatable bonds is 5. The molecule has 1 amide bonds. The van der Waals surface area contributed by atoms with Gasteiger partial charge in [-0.25, -0.2) is 4.98 Å². The van der Waals surface area contributed by atoms with Crippen LogP contribution in [0.4, 0.5) is 0 Å². The predicted octanol–water partition coefficient (Wildman–Crippen LogP) is 2.25. The van der Waals surface area contributed by atoms with E-state index in [9.17, 15) is 4.79 Å². The molecular formula is C20H26ClN3O2. The fourth-order valence-corrected chi connectivity index (χ4v) is 4.67. The third kappa shape index (κ3) is 2.90. The summed E-state index contributed by atoms with van der Waals surface area (Å²) in [5.41, 5.74) is 1.33. The lowest BCUT2D eigenvalue weighted by Gasteiger charge is -2.21. The number of nitrogens with zero attached hydrogens (tertiary/aromatic N) is 2. The van der Waals surface area contributed by atoms with Gasteiger partial charge in [0.2, 0.25) is 11.8 Å². The van der Waals surface area contributed by atoms with E-state index in [1.165, 1.54) is 5.57 Å². The second-order valence-electron chi connectivity index (χ2n) is 8.07. The fraction of sp³-hybridized carbons (Fsp3) is 0.650. The van der Waals surface area contributed by atoms with Crippen molar-refractivity contribution in [2.45, 2.75) is 52.5 Å². The van der Waals surface area contributed by atoms with E-state index in [1.54, 1.807) is 0 Å². The van der Waals surface area contributed by atoms with Crippen LogP contribution in [0.2, 0.25) is 5.15 Å². The third-order valence-electron chi connectivity index (χ3n) is 6.48. The Morgan fingerprint density at radius 1 is 1.50 bits per heavy atom. The standard InChI is InChI=1S/C20H26ClN3O2/c1-4-13-6-5-11(2)17-15(23-13)7-16(21)24-19(17)26-9-12(3)20-8-14(20)18(25)22-10-20/h7,12-14H,4-6,8-10H2,1-3H3,(H,22,25)/t12-,13?,14?,20?/m0/s1. The number of nitrogens with one attached hydrogen (secondary N) is 1. The van der Waals surface area contributed by atoms with Crippen LogP contribution in [0.15, 0.2) is 11.1 Å². The van der Waals surface area contributed by atoms with Crippen molar-refractivity contribution in [2.24, 2.45) is 22.2 Å². The Kier molecular flexibility index (Phi) is 4.46. The maximum Gasteiger partial charge on any atom is 0.224 e. The zero-order chi connectivity index (χ0) is 18.5. The maximum atomic E-state index is 11.8. The average molecular weight is 376 g/mol. The van der Waals surface area contributed by atoms with Gasteiger partial charge in [-0.1, -0.05) is 31.0 Å². The van der Waals surface area contributed by atoms with Crippen LogP contribution >= 0.6 is 11.6 Å². The van der Waals surface area contributed by atoms with E-state index >= 15 is 0 Å². The first-order valence-electron chi connectivity index (χ1n) is 9.59. The lowest BCUT2D eigenvalue weighted by Crippen LogP contribution is -2.33. The molecule has 6 heteroatoms. The topological polar surface area (TPSA) is 63.6 Å². The first-order valence-corrected chi connectivity index (χ1v) is 9.97. The van der Waals surface area contributed by atoms with Crippen molar-refractivity contribution in [3.05, 3.63) is 21.8 Å². The molecule has 140 valence electrons. The van der Waals surface area contributed by atoms with Crippen molar-refractivity contribution in [3.63, 3.8) is 0 Å². The maximum absolute atomic E-state index is 11.8. The van der Waals surface area contributed by atoms with Crippen molar-refractivity contribution in [1.82, 2.24) is 10.3 Å². The summed E-state index contributed by atoms with van der Waals surface area (Å²) < 4.78 is 6.17. The molecule has 3 heterocycles. The van der Waals surface area contributed by atoms with Crippen molar-refractivity contribution >= 4 is 23.1 Å². The summed E-state index contributed by atoms with van der Waals surface area (Å²) in [6, 6.07) is 2.16. The van der Waals surface area contributed by atoms with E-state index < -0.39 is 0 Å². The highest BCUT2D eigenvalue weighted by molar-refractivity contribution is 6.29. The first kappa shape index (κ1) is 17.8. The quantitative estimate of drug-likeness (QED) is 0.803. The van der Waals surface area contributed by atoms with E-state index in [4.69, 9.17) is 21.3 Å². The van der Waals surface area contributed by atoms with Crippen LogP contribution in [0, 0.1) is 17.3 Å². The summed E-state index contributed by atoms with van der Waals surface area (Å²) in [6.45, 7) is 7.76. The number of aromatic nitrogens is 1. The SMILES string of the molecule is CCC1CCC(C)=c2c(OC[C@H](C)C34CNC(=O)C3C4)nc(Cl)cc2=N1. The number of fused-ring (bicyclic) bond motifs is 2. The van der Waals surface area contributed by atoms with Gasteiger partial charge >= 0.3 is 0 Å². The highest BCUT2D eigenvalue weighted by atomic mass is 35.5. The minimum atomic E-state index is 0.0725. The number of carbonyl (C=O) groups is 1. The molecule has 26 heavy (non-hydrogen) atoms. The molecule has 2 aliphatic heterocycles. The molecule has 4 atom stereocenters. The molecule has 2 fully saturated rings. The van der Waals surface area contributed by atoms with Gasteiger partial charge in [0.1, 0.15) is 5.15 Å². The summed E-state index contributed by atoms with van der Waals surface area (Å²) in [5, 5.41) is 5.29. The van der Waals surface area contributed by atoms with Crippen LogP contribution < -0.4 is 20.6 Å². The number of ether oxygens (including phenoxy) is 1. The minimum absolute atomic E-state index is 0.0725. The van der Waals surface area contributed by atoms with E-state index in [1.807, 2.05) is 6.07 Å². The van der Waals surface area contributed by atoms with Crippen molar-refractivity contribution in [2.75, 3.05) is 13.2 Å². The first-order chi connectivity index (χ1) is 12.4. The zero-order valence-corrected chi connectivity index (χ0v) is 16.4. The summed E-state index contributed by atoms with van der Waals surface area (Å²) in [5.74, 6) is 1.23. The molecule has 5 nitrogen and oxygen atoms in total. The van der Waals surface area contributed by atoms with Crippen LogP contribution in [0.3, 0.4) is 0 Å². The number of piperidine rings is 1. The number of halogens is 1. The number of pyridine rings is 1. The normalized spacial score (nSPS) is 30.6. The Morgan fingerprint density at radius 3 is 2.96 bits per heavy atom. The Bertz CT molecular complexity index is 869. The summed E-state index contributed by atoms with van der Waals surface area (Å²) >= 11 is 6.26. The molecule has 0 bridgehead atoms. The van der Waals surface area contributed by atoms with E-state index in [2.05, 4.69) is 31.1 Å². The molecule has 1 saturated carbocycles. The molecule has 1 N–H and O–H groups in total. The second kappa shape index (κ2) is 6.52. The molecule has 1 aliphatic carbocycles. The Balaban J connectivity index is 1.62. The number of carbonyl (C=O) groups excluding carboxylic acids is 1. The lowest BCUT2D eigenvalue weighted by atomic mass is 9.90. The largest absolute Gasteiger partial charge is 0.477 e. The van der Waals surface area contributed by atoms with E-state index in [0.29, 0.717) is 23.7 Å². The zero-order valence-electron chi connectivity index (χ0n) is 15.6. The number of hydrogen-bond donors (Lipinski definition) is 1. The van der Waals surface area contributed by atoms with Crippen LogP contribution in [0.5, 0.6) is 5.88 Å². The van der Waals surface area contributed by atoms with Gasteiger partial charge in [-0.2, -0.15) is 0 Å². The molecular weight excluding hydrogens is 350 g/mol. The van der Waals surface area contributed by atoms with Gasteiger partial charge in [-0.3, -0.25) is 9.79 Å². The fourth-order valence-electron chi connectivity index (χ4n) is 4.49. The smallest absolute Gasteiger partial charge is 0.224 e. The van der Waals surface area contributed by atoms with Gasteiger partial charge < -0.3 is 10.1 Å². The monoisotopic (exact) mass is 375 g/mol. The molecule has 1 aromatic rings.